The molecular weight excluding hydrogens is 124 g/mol. The van der Waals surface area contributed by atoms with Crippen molar-refractivity contribution in [3.05, 3.63) is 0 Å². The third-order valence-corrected chi connectivity index (χ3v) is 2.80. The second-order valence-electron chi connectivity index (χ2n) is 3.58. The highest BCUT2D eigenvalue weighted by molar-refractivity contribution is 5.03. The molecule has 0 aromatic rings. The van der Waals surface area contributed by atoms with Gasteiger partial charge in [0.2, 0.25) is 0 Å². The van der Waals surface area contributed by atoms with E-state index in [9.17, 15) is 0 Å². The van der Waals surface area contributed by atoms with E-state index < -0.39 is 0 Å². The van der Waals surface area contributed by atoms with Gasteiger partial charge in [-0.05, 0) is 31.7 Å². The summed E-state index contributed by atoms with van der Waals surface area (Å²) in [4.78, 5) is 2.19. The van der Waals surface area contributed by atoms with Gasteiger partial charge in [-0.2, -0.15) is 5.26 Å². The van der Waals surface area contributed by atoms with Crippen molar-refractivity contribution >= 4 is 0 Å². The zero-order valence-corrected chi connectivity index (χ0v) is 6.25. The molecule has 1 heterocycles. The highest BCUT2D eigenvalue weighted by Gasteiger charge is 2.44. The summed E-state index contributed by atoms with van der Waals surface area (Å²) in [7, 11) is 2.06. The van der Waals surface area contributed by atoms with Crippen molar-refractivity contribution in [2.45, 2.75) is 18.9 Å². The molecule has 2 rings (SSSR count). The van der Waals surface area contributed by atoms with Crippen LogP contribution in [0.4, 0.5) is 0 Å². The summed E-state index contributed by atoms with van der Waals surface area (Å²) >= 11 is 0. The van der Waals surface area contributed by atoms with E-state index in [1.54, 1.807) is 0 Å². The molecule has 3 atom stereocenters. The maximum absolute atomic E-state index is 8.71. The molecule has 0 N–H and O–H groups in total. The fraction of sp³-hybridized carbons (Fsp3) is 0.875. The average Bonchev–Trinajstić information content (AvgIpc) is 2.64. The number of likely N-dealkylation sites (tertiary alicyclic amines) is 1. The zero-order chi connectivity index (χ0) is 7.14. The third-order valence-electron chi connectivity index (χ3n) is 2.80. The van der Waals surface area contributed by atoms with Crippen LogP contribution < -0.4 is 0 Å². The van der Waals surface area contributed by atoms with Crippen molar-refractivity contribution in [2.75, 3.05) is 13.6 Å². The predicted octanol–water partition coefficient (Wildman–Crippen LogP) is 0.850. The second-order valence-corrected chi connectivity index (χ2v) is 3.58. The molecule has 0 bridgehead atoms. The smallest absolute Gasteiger partial charge is 0.0978 e. The Morgan fingerprint density at radius 3 is 2.90 bits per heavy atom. The van der Waals surface area contributed by atoms with Crippen molar-refractivity contribution in [2.24, 2.45) is 11.8 Å². The van der Waals surface area contributed by atoms with Crippen molar-refractivity contribution < 1.29 is 0 Å². The van der Waals surface area contributed by atoms with Gasteiger partial charge in [-0.3, -0.25) is 4.90 Å². The van der Waals surface area contributed by atoms with Crippen LogP contribution in [0.25, 0.3) is 0 Å². The fourth-order valence-electron chi connectivity index (χ4n) is 1.94. The molecule has 1 aliphatic heterocycles. The number of piperidine rings is 1. The van der Waals surface area contributed by atoms with E-state index in [4.69, 9.17) is 5.26 Å². The first kappa shape index (κ1) is 6.18. The first-order chi connectivity index (χ1) is 4.81. The summed E-state index contributed by atoms with van der Waals surface area (Å²) in [6, 6.07) is 2.55. The number of hydrogen-bond donors (Lipinski definition) is 0. The van der Waals surface area contributed by atoms with E-state index >= 15 is 0 Å². The molecule has 10 heavy (non-hydrogen) atoms. The summed E-state index contributed by atoms with van der Waals surface area (Å²) in [5, 5.41) is 8.71. The van der Waals surface area contributed by atoms with E-state index in [1.807, 2.05) is 0 Å². The van der Waals surface area contributed by atoms with Gasteiger partial charge in [0.25, 0.3) is 0 Å². The SMILES string of the molecule is CN1CC2CC2C[C@H]1C#N. The largest absolute Gasteiger partial charge is 0.291 e. The predicted molar refractivity (Wildman–Crippen MR) is 38.2 cm³/mol. The van der Waals surface area contributed by atoms with E-state index in [0.29, 0.717) is 0 Å². The standard InChI is InChI=1S/C8H12N2/c1-10-5-7-2-6(7)3-8(10)4-9/h6-8H,2-3,5H2,1H3/t6?,7?,8-/m0/s1. The monoisotopic (exact) mass is 136 g/mol. The maximum atomic E-state index is 8.71. The van der Waals surface area contributed by atoms with Gasteiger partial charge in [0, 0.05) is 6.54 Å². The minimum atomic E-state index is 0.212. The molecule has 1 saturated heterocycles. The molecule has 54 valence electrons. The highest BCUT2D eigenvalue weighted by Crippen LogP contribution is 2.46. The number of hydrogen-bond acceptors (Lipinski definition) is 2. The minimum Gasteiger partial charge on any atom is -0.291 e. The molecule has 0 aromatic heterocycles. The van der Waals surface area contributed by atoms with E-state index in [2.05, 4.69) is 18.0 Å². The molecule has 2 aliphatic rings. The molecule has 0 amide bonds. The van der Waals surface area contributed by atoms with Crippen LogP contribution in [0.2, 0.25) is 0 Å². The lowest BCUT2D eigenvalue weighted by molar-refractivity contribution is 0.217. The number of nitriles is 1. The van der Waals surface area contributed by atoms with Crippen LogP contribution in [0.5, 0.6) is 0 Å². The summed E-state index contributed by atoms with van der Waals surface area (Å²) in [5.74, 6) is 1.84. The maximum Gasteiger partial charge on any atom is 0.0978 e. The molecule has 2 fully saturated rings. The van der Waals surface area contributed by atoms with Crippen LogP contribution in [-0.4, -0.2) is 24.5 Å². The molecule has 2 nitrogen and oxygen atoms in total. The Hall–Kier alpha value is -0.550. The Labute approximate surface area is 61.4 Å². The third kappa shape index (κ3) is 0.819. The van der Waals surface area contributed by atoms with Crippen molar-refractivity contribution in [3.63, 3.8) is 0 Å². The Morgan fingerprint density at radius 2 is 2.20 bits per heavy atom. The molecule has 0 spiro atoms. The van der Waals surface area contributed by atoms with Gasteiger partial charge in [0.15, 0.2) is 0 Å². The highest BCUT2D eigenvalue weighted by atomic mass is 15.1. The second kappa shape index (κ2) is 1.96. The van der Waals surface area contributed by atoms with Crippen LogP contribution in [-0.2, 0) is 0 Å². The molecule has 1 aliphatic carbocycles. The Morgan fingerprint density at radius 1 is 1.40 bits per heavy atom. The summed E-state index contributed by atoms with van der Waals surface area (Å²) in [6.07, 6.45) is 2.50. The van der Waals surface area contributed by atoms with Gasteiger partial charge in [-0.15, -0.1) is 0 Å². The molecule has 0 radical (unpaired) electrons. The quantitative estimate of drug-likeness (QED) is 0.493. The lowest BCUT2D eigenvalue weighted by Gasteiger charge is -2.26. The van der Waals surface area contributed by atoms with Gasteiger partial charge in [0.05, 0.1) is 12.1 Å². The van der Waals surface area contributed by atoms with Gasteiger partial charge < -0.3 is 0 Å². The van der Waals surface area contributed by atoms with Gasteiger partial charge in [-0.1, -0.05) is 0 Å². The van der Waals surface area contributed by atoms with E-state index in [-0.39, 0.29) is 6.04 Å². The molecule has 1 saturated carbocycles. The van der Waals surface area contributed by atoms with E-state index in [0.717, 1.165) is 24.8 Å². The van der Waals surface area contributed by atoms with Crippen LogP contribution in [0, 0.1) is 23.2 Å². The Kier molecular flexibility index (Phi) is 1.21. The van der Waals surface area contributed by atoms with Crippen molar-refractivity contribution in [1.82, 2.24) is 4.90 Å². The van der Waals surface area contributed by atoms with Gasteiger partial charge in [0.1, 0.15) is 0 Å². The molecule has 2 heteroatoms. The lowest BCUT2D eigenvalue weighted by Crippen LogP contribution is -2.36. The fourth-order valence-corrected chi connectivity index (χ4v) is 1.94. The number of rotatable bonds is 0. The number of fused-ring (bicyclic) bond motifs is 1. The molecular formula is C8H12N2. The van der Waals surface area contributed by atoms with E-state index in [1.165, 1.54) is 6.42 Å². The summed E-state index contributed by atoms with van der Waals surface area (Å²) in [5.41, 5.74) is 0. The van der Waals surface area contributed by atoms with Crippen molar-refractivity contribution in [1.29, 1.82) is 5.26 Å². The van der Waals surface area contributed by atoms with Crippen LogP contribution in [0.1, 0.15) is 12.8 Å². The van der Waals surface area contributed by atoms with Crippen LogP contribution in [0.3, 0.4) is 0 Å². The number of nitrogens with zero attached hydrogens (tertiary/aromatic N) is 2. The zero-order valence-electron chi connectivity index (χ0n) is 6.25. The normalized spacial score (nSPS) is 45.8. The summed E-state index contributed by atoms with van der Waals surface area (Å²) < 4.78 is 0. The molecule has 0 aromatic carbocycles. The molecule has 2 unspecified atom stereocenters. The topological polar surface area (TPSA) is 27.0 Å². The summed E-state index contributed by atoms with van der Waals surface area (Å²) in [6.45, 7) is 1.16. The first-order valence-corrected chi connectivity index (χ1v) is 3.91. The Balaban J connectivity index is 2.02. The first-order valence-electron chi connectivity index (χ1n) is 3.91. The van der Waals surface area contributed by atoms with Gasteiger partial charge in [-0.25, -0.2) is 0 Å². The Bertz CT molecular complexity index is 182. The van der Waals surface area contributed by atoms with Gasteiger partial charge >= 0.3 is 0 Å². The lowest BCUT2D eigenvalue weighted by atomic mass is 10.0. The van der Waals surface area contributed by atoms with Crippen molar-refractivity contribution in [3.8, 4) is 6.07 Å². The van der Waals surface area contributed by atoms with Crippen LogP contribution in [0.15, 0.2) is 0 Å². The van der Waals surface area contributed by atoms with Crippen LogP contribution >= 0.6 is 0 Å². The average molecular weight is 136 g/mol. The minimum absolute atomic E-state index is 0.212.